The molecular formula is C15H15F3N4O. The van der Waals surface area contributed by atoms with Gasteiger partial charge in [0.2, 0.25) is 0 Å². The Balaban J connectivity index is 1.64. The largest absolute Gasteiger partial charge is 0.433 e. The highest BCUT2D eigenvalue weighted by Gasteiger charge is 2.32. The van der Waals surface area contributed by atoms with Gasteiger partial charge in [-0.3, -0.25) is 14.5 Å². The summed E-state index contributed by atoms with van der Waals surface area (Å²) in [5, 5.41) is 6.97. The third-order valence-electron chi connectivity index (χ3n) is 3.82. The monoisotopic (exact) mass is 324 g/mol. The Bertz CT molecular complexity index is 707. The Morgan fingerprint density at radius 2 is 2.09 bits per heavy atom. The van der Waals surface area contributed by atoms with Gasteiger partial charge >= 0.3 is 6.18 Å². The van der Waals surface area contributed by atoms with E-state index in [0.717, 1.165) is 55.4 Å². The highest BCUT2D eigenvalue weighted by Crippen LogP contribution is 2.27. The van der Waals surface area contributed by atoms with Crippen LogP contribution in [0, 0.1) is 0 Å². The van der Waals surface area contributed by atoms with E-state index in [0.29, 0.717) is 6.54 Å². The number of hydrogen-bond acceptors (Lipinski definition) is 3. The van der Waals surface area contributed by atoms with E-state index in [4.69, 9.17) is 0 Å². The van der Waals surface area contributed by atoms with Crippen molar-refractivity contribution >= 4 is 5.91 Å². The van der Waals surface area contributed by atoms with Gasteiger partial charge < -0.3 is 5.32 Å². The summed E-state index contributed by atoms with van der Waals surface area (Å²) in [6.45, 7) is 1.18. The summed E-state index contributed by atoms with van der Waals surface area (Å²) < 4.78 is 39.3. The highest BCUT2D eigenvalue weighted by molar-refractivity contribution is 5.93. The second kappa shape index (κ2) is 6.02. The van der Waals surface area contributed by atoms with Gasteiger partial charge in [-0.15, -0.1) is 0 Å². The van der Waals surface area contributed by atoms with Crippen molar-refractivity contribution in [3.8, 4) is 0 Å². The van der Waals surface area contributed by atoms with Crippen LogP contribution in [0.2, 0.25) is 0 Å². The summed E-state index contributed by atoms with van der Waals surface area (Å²) in [4.78, 5) is 15.3. The lowest BCUT2D eigenvalue weighted by Crippen LogP contribution is -2.24. The molecule has 2 aromatic heterocycles. The fourth-order valence-corrected chi connectivity index (χ4v) is 2.61. The van der Waals surface area contributed by atoms with E-state index in [2.05, 4.69) is 15.4 Å². The summed E-state index contributed by atoms with van der Waals surface area (Å²) in [7, 11) is 0. The number of nitrogens with zero attached hydrogens (tertiary/aromatic N) is 3. The molecule has 0 aliphatic carbocycles. The molecule has 2 aromatic rings. The Labute approximate surface area is 130 Å². The van der Waals surface area contributed by atoms with E-state index in [1.54, 1.807) is 6.20 Å². The maximum absolute atomic E-state index is 12.4. The molecule has 3 heterocycles. The molecule has 0 bridgehead atoms. The van der Waals surface area contributed by atoms with Gasteiger partial charge in [-0.1, -0.05) is 0 Å². The van der Waals surface area contributed by atoms with Crippen molar-refractivity contribution in [3.63, 3.8) is 0 Å². The van der Waals surface area contributed by atoms with Crippen LogP contribution >= 0.6 is 0 Å². The lowest BCUT2D eigenvalue weighted by molar-refractivity contribution is -0.141. The zero-order chi connectivity index (χ0) is 16.4. The second-order valence-corrected chi connectivity index (χ2v) is 5.41. The molecule has 3 rings (SSSR count). The number of aromatic nitrogens is 3. The predicted molar refractivity (Wildman–Crippen MR) is 75.6 cm³/mol. The molecule has 122 valence electrons. The number of rotatable bonds is 3. The number of fused-ring (bicyclic) bond motifs is 1. The van der Waals surface area contributed by atoms with Crippen LogP contribution in [0.25, 0.3) is 0 Å². The van der Waals surface area contributed by atoms with Crippen LogP contribution in [0.15, 0.2) is 24.5 Å². The first-order chi connectivity index (χ1) is 10.9. The van der Waals surface area contributed by atoms with Crippen molar-refractivity contribution in [1.29, 1.82) is 0 Å². The molecule has 23 heavy (non-hydrogen) atoms. The van der Waals surface area contributed by atoms with Crippen LogP contribution in [0.4, 0.5) is 13.2 Å². The van der Waals surface area contributed by atoms with Gasteiger partial charge in [0, 0.05) is 30.5 Å². The minimum Gasteiger partial charge on any atom is -0.348 e. The molecule has 0 atom stereocenters. The Kier molecular flexibility index (Phi) is 4.06. The van der Waals surface area contributed by atoms with Crippen LogP contribution in [0.3, 0.4) is 0 Å². The maximum Gasteiger partial charge on any atom is 0.433 e. The number of hydrogen-bond donors (Lipinski definition) is 1. The summed E-state index contributed by atoms with van der Waals surface area (Å²) in [6.07, 6.45) is 1.27. The zero-order valence-electron chi connectivity index (χ0n) is 12.2. The molecule has 0 saturated heterocycles. The van der Waals surface area contributed by atoms with Crippen molar-refractivity contribution in [2.75, 3.05) is 0 Å². The van der Waals surface area contributed by atoms with Crippen molar-refractivity contribution in [1.82, 2.24) is 20.1 Å². The molecule has 0 aromatic carbocycles. The van der Waals surface area contributed by atoms with Crippen molar-refractivity contribution < 1.29 is 18.0 Å². The van der Waals surface area contributed by atoms with Gasteiger partial charge in [-0.05, 0) is 31.4 Å². The van der Waals surface area contributed by atoms with E-state index in [-0.39, 0.29) is 5.56 Å². The number of alkyl halides is 3. The van der Waals surface area contributed by atoms with Crippen molar-refractivity contribution in [2.24, 2.45) is 0 Å². The smallest absolute Gasteiger partial charge is 0.348 e. The Morgan fingerprint density at radius 1 is 1.26 bits per heavy atom. The molecule has 0 saturated carbocycles. The molecule has 5 nitrogen and oxygen atoms in total. The van der Waals surface area contributed by atoms with Crippen LogP contribution in [0.1, 0.15) is 40.2 Å². The Morgan fingerprint density at radius 3 is 2.78 bits per heavy atom. The fourth-order valence-electron chi connectivity index (χ4n) is 2.61. The fraction of sp³-hybridized carbons (Fsp3) is 0.400. The van der Waals surface area contributed by atoms with Crippen LogP contribution in [-0.2, 0) is 25.7 Å². The van der Waals surface area contributed by atoms with Gasteiger partial charge in [0.15, 0.2) is 0 Å². The van der Waals surface area contributed by atoms with E-state index in [1.807, 2.05) is 4.68 Å². The molecule has 1 aliphatic heterocycles. The molecular weight excluding hydrogens is 309 g/mol. The SMILES string of the molecule is O=C(NCc1cnn2c1CCCC2)c1ccc(C(F)(F)F)nc1. The Hall–Kier alpha value is -2.38. The van der Waals surface area contributed by atoms with Crippen molar-refractivity contribution in [3.05, 3.63) is 47.0 Å². The first-order valence-electron chi connectivity index (χ1n) is 7.30. The summed E-state index contributed by atoms with van der Waals surface area (Å²) in [5.74, 6) is -0.456. The number of halogens is 3. The standard InChI is InChI=1S/C15H15F3N4O/c16-15(17,18)13-5-4-10(7-19-13)14(23)20-8-11-9-21-22-6-2-1-3-12(11)22/h4-5,7,9H,1-3,6,8H2,(H,20,23). The first-order valence-corrected chi connectivity index (χ1v) is 7.30. The predicted octanol–water partition coefficient (Wildman–Crippen LogP) is 2.56. The topological polar surface area (TPSA) is 59.8 Å². The minimum absolute atomic E-state index is 0.0963. The number of carbonyl (C=O) groups is 1. The van der Waals surface area contributed by atoms with E-state index in [1.165, 1.54) is 0 Å². The molecule has 0 radical (unpaired) electrons. The van der Waals surface area contributed by atoms with E-state index < -0.39 is 17.8 Å². The second-order valence-electron chi connectivity index (χ2n) is 5.41. The first kappa shape index (κ1) is 15.5. The highest BCUT2D eigenvalue weighted by atomic mass is 19.4. The van der Waals surface area contributed by atoms with Gasteiger partial charge in [-0.25, -0.2) is 0 Å². The molecule has 0 fully saturated rings. The minimum atomic E-state index is -4.51. The molecule has 1 amide bonds. The molecule has 0 spiro atoms. The number of aryl methyl sites for hydroxylation is 1. The van der Waals surface area contributed by atoms with Gasteiger partial charge in [-0.2, -0.15) is 18.3 Å². The average molecular weight is 324 g/mol. The van der Waals surface area contributed by atoms with E-state index >= 15 is 0 Å². The van der Waals surface area contributed by atoms with Crippen LogP contribution < -0.4 is 5.32 Å². The number of amides is 1. The zero-order valence-corrected chi connectivity index (χ0v) is 12.2. The summed E-state index contributed by atoms with van der Waals surface area (Å²) in [5.41, 5.74) is 1.14. The average Bonchev–Trinajstić information content (AvgIpc) is 2.95. The molecule has 1 N–H and O–H groups in total. The van der Waals surface area contributed by atoms with Gasteiger partial charge in [0.25, 0.3) is 5.91 Å². The van der Waals surface area contributed by atoms with E-state index in [9.17, 15) is 18.0 Å². The van der Waals surface area contributed by atoms with Crippen LogP contribution in [0.5, 0.6) is 0 Å². The number of pyridine rings is 1. The number of nitrogens with one attached hydrogen (secondary N) is 1. The lowest BCUT2D eigenvalue weighted by Gasteiger charge is -2.15. The maximum atomic E-state index is 12.4. The quantitative estimate of drug-likeness (QED) is 0.944. The number of carbonyl (C=O) groups excluding carboxylic acids is 1. The third kappa shape index (κ3) is 3.35. The third-order valence-corrected chi connectivity index (χ3v) is 3.82. The van der Waals surface area contributed by atoms with Gasteiger partial charge in [0.05, 0.1) is 11.8 Å². The van der Waals surface area contributed by atoms with Gasteiger partial charge in [0.1, 0.15) is 5.69 Å². The molecule has 0 unspecified atom stereocenters. The van der Waals surface area contributed by atoms with Crippen molar-refractivity contribution in [2.45, 2.75) is 38.5 Å². The summed E-state index contributed by atoms with van der Waals surface area (Å²) in [6, 6.07) is 1.93. The summed E-state index contributed by atoms with van der Waals surface area (Å²) >= 11 is 0. The lowest BCUT2D eigenvalue weighted by atomic mass is 10.1. The molecule has 8 heteroatoms. The molecule has 1 aliphatic rings. The van der Waals surface area contributed by atoms with Crippen LogP contribution in [-0.4, -0.2) is 20.7 Å². The normalized spacial score (nSPS) is 14.4.